The molecule has 4 rings (SSSR count). The van der Waals surface area contributed by atoms with Crippen molar-refractivity contribution in [2.75, 3.05) is 44.7 Å². The topological polar surface area (TPSA) is 24.9 Å². The van der Waals surface area contributed by atoms with Gasteiger partial charge in [0.15, 0.2) is 0 Å². The second kappa shape index (κ2) is 11.4. The predicted molar refractivity (Wildman–Crippen MR) is 141 cm³/mol. The van der Waals surface area contributed by atoms with Gasteiger partial charge < -0.3 is 14.4 Å². The van der Waals surface area contributed by atoms with Gasteiger partial charge in [0.1, 0.15) is 17.6 Å². The average Bonchev–Trinajstić information content (AvgIpc) is 2.87. The van der Waals surface area contributed by atoms with Crippen LogP contribution in [0.15, 0.2) is 72.8 Å². The van der Waals surface area contributed by atoms with Crippen LogP contribution in [-0.2, 0) is 0 Å². The van der Waals surface area contributed by atoms with E-state index in [4.69, 9.17) is 9.47 Å². The molecule has 0 bridgehead atoms. The SMILES string of the molecule is COc1ccccc1N1CCN(CCC(Oc2ccc(C(C)C)c(C)c2)c2ccccc2)CC1. The molecule has 4 heteroatoms. The highest BCUT2D eigenvalue weighted by molar-refractivity contribution is 5.58. The predicted octanol–water partition coefficient (Wildman–Crippen LogP) is 6.46. The fourth-order valence-electron chi connectivity index (χ4n) is 4.90. The van der Waals surface area contributed by atoms with E-state index in [1.165, 1.54) is 22.4 Å². The smallest absolute Gasteiger partial charge is 0.142 e. The zero-order valence-corrected chi connectivity index (χ0v) is 21.0. The summed E-state index contributed by atoms with van der Waals surface area (Å²) in [7, 11) is 1.75. The van der Waals surface area contributed by atoms with Crippen LogP contribution in [-0.4, -0.2) is 44.7 Å². The summed E-state index contributed by atoms with van der Waals surface area (Å²) < 4.78 is 12.1. The normalized spacial score (nSPS) is 15.4. The summed E-state index contributed by atoms with van der Waals surface area (Å²) in [6, 6.07) is 25.5. The lowest BCUT2D eigenvalue weighted by Crippen LogP contribution is -2.47. The van der Waals surface area contributed by atoms with E-state index in [9.17, 15) is 0 Å². The van der Waals surface area contributed by atoms with Gasteiger partial charge in [-0.1, -0.05) is 62.4 Å². The summed E-state index contributed by atoms with van der Waals surface area (Å²) in [5.41, 5.74) is 5.11. The third kappa shape index (κ3) is 5.92. The second-order valence-electron chi connectivity index (χ2n) is 9.48. The van der Waals surface area contributed by atoms with Crippen molar-refractivity contribution in [2.24, 2.45) is 0 Å². The van der Waals surface area contributed by atoms with Gasteiger partial charge >= 0.3 is 0 Å². The number of para-hydroxylation sites is 2. The first kappa shape index (κ1) is 24.2. The highest BCUT2D eigenvalue weighted by atomic mass is 16.5. The molecule has 3 aromatic carbocycles. The Labute approximate surface area is 205 Å². The number of benzene rings is 3. The standard InChI is InChI=1S/C30H38N2O2/c1-23(2)27-15-14-26(22-24(27)3)34-29(25-10-6-5-7-11-25)16-17-31-18-20-32(21-19-31)28-12-8-9-13-30(28)33-4/h5-15,22-23,29H,16-21H2,1-4H3. The minimum absolute atomic E-state index is 0.0396. The summed E-state index contributed by atoms with van der Waals surface area (Å²) in [4.78, 5) is 4.98. The van der Waals surface area contributed by atoms with E-state index in [-0.39, 0.29) is 6.10 Å². The van der Waals surface area contributed by atoms with E-state index in [1.807, 2.05) is 12.1 Å². The van der Waals surface area contributed by atoms with Gasteiger partial charge in [0.25, 0.3) is 0 Å². The molecule has 1 aliphatic rings. The molecule has 34 heavy (non-hydrogen) atoms. The maximum absolute atomic E-state index is 6.57. The fourth-order valence-corrected chi connectivity index (χ4v) is 4.90. The molecule has 0 radical (unpaired) electrons. The van der Waals surface area contributed by atoms with Crippen LogP contribution in [0.5, 0.6) is 11.5 Å². The number of hydrogen-bond acceptors (Lipinski definition) is 4. The van der Waals surface area contributed by atoms with Crippen molar-refractivity contribution >= 4 is 5.69 Å². The molecule has 1 heterocycles. The molecule has 0 amide bonds. The lowest BCUT2D eigenvalue weighted by molar-refractivity contribution is 0.160. The minimum atomic E-state index is 0.0396. The third-order valence-corrected chi connectivity index (χ3v) is 6.82. The van der Waals surface area contributed by atoms with Crippen molar-refractivity contribution in [3.05, 3.63) is 89.5 Å². The van der Waals surface area contributed by atoms with Gasteiger partial charge in [0.2, 0.25) is 0 Å². The molecule has 3 aromatic rings. The van der Waals surface area contributed by atoms with Crippen molar-refractivity contribution < 1.29 is 9.47 Å². The zero-order chi connectivity index (χ0) is 23.9. The maximum Gasteiger partial charge on any atom is 0.142 e. The number of methoxy groups -OCH3 is 1. The van der Waals surface area contributed by atoms with E-state index in [2.05, 4.69) is 91.2 Å². The number of ether oxygens (including phenoxy) is 2. The van der Waals surface area contributed by atoms with Crippen LogP contribution < -0.4 is 14.4 Å². The first-order chi connectivity index (χ1) is 16.5. The molecule has 180 valence electrons. The van der Waals surface area contributed by atoms with E-state index in [0.717, 1.165) is 50.6 Å². The average molecular weight is 459 g/mol. The summed E-state index contributed by atoms with van der Waals surface area (Å²) in [5, 5.41) is 0. The number of nitrogens with zero attached hydrogens (tertiary/aromatic N) is 2. The number of hydrogen-bond donors (Lipinski definition) is 0. The van der Waals surface area contributed by atoms with Crippen LogP contribution in [0.25, 0.3) is 0 Å². The molecule has 0 saturated carbocycles. The highest BCUT2D eigenvalue weighted by Crippen LogP contribution is 2.30. The van der Waals surface area contributed by atoms with Gasteiger partial charge in [-0.05, 0) is 53.8 Å². The summed E-state index contributed by atoms with van der Waals surface area (Å²) in [5.74, 6) is 2.43. The largest absolute Gasteiger partial charge is 0.495 e. The Morgan fingerprint density at radius 1 is 0.853 bits per heavy atom. The molecule has 0 N–H and O–H groups in total. The Hall–Kier alpha value is -2.98. The van der Waals surface area contributed by atoms with Crippen LogP contribution in [0.4, 0.5) is 5.69 Å². The van der Waals surface area contributed by atoms with Crippen molar-refractivity contribution in [1.82, 2.24) is 4.90 Å². The van der Waals surface area contributed by atoms with Gasteiger partial charge in [-0.15, -0.1) is 0 Å². The Morgan fingerprint density at radius 3 is 2.24 bits per heavy atom. The molecular weight excluding hydrogens is 420 g/mol. The van der Waals surface area contributed by atoms with E-state index in [1.54, 1.807) is 7.11 Å². The molecule has 0 aromatic heterocycles. The van der Waals surface area contributed by atoms with E-state index in [0.29, 0.717) is 5.92 Å². The number of aryl methyl sites for hydroxylation is 1. The monoisotopic (exact) mass is 458 g/mol. The van der Waals surface area contributed by atoms with Crippen molar-refractivity contribution in [3.63, 3.8) is 0 Å². The maximum atomic E-state index is 6.57. The lowest BCUT2D eigenvalue weighted by atomic mass is 9.98. The molecule has 0 aliphatic carbocycles. The number of piperazine rings is 1. The van der Waals surface area contributed by atoms with Crippen LogP contribution in [0.2, 0.25) is 0 Å². The Balaban J connectivity index is 1.39. The Kier molecular flexibility index (Phi) is 8.12. The van der Waals surface area contributed by atoms with Crippen LogP contribution >= 0.6 is 0 Å². The molecule has 1 unspecified atom stereocenters. The first-order valence-corrected chi connectivity index (χ1v) is 12.5. The van der Waals surface area contributed by atoms with Gasteiger partial charge in [-0.3, -0.25) is 4.90 Å². The summed E-state index contributed by atoms with van der Waals surface area (Å²) in [6.07, 6.45) is 1.00. The van der Waals surface area contributed by atoms with Gasteiger partial charge in [-0.2, -0.15) is 0 Å². The molecule has 1 saturated heterocycles. The molecular formula is C30H38N2O2. The number of rotatable bonds is 9. The van der Waals surface area contributed by atoms with Crippen LogP contribution in [0.1, 0.15) is 49.0 Å². The summed E-state index contributed by atoms with van der Waals surface area (Å²) in [6.45, 7) is 11.8. The number of anilines is 1. The van der Waals surface area contributed by atoms with Crippen molar-refractivity contribution in [2.45, 2.75) is 39.2 Å². The van der Waals surface area contributed by atoms with Crippen LogP contribution in [0.3, 0.4) is 0 Å². The molecule has 1 aliphatic heterocycles. The molecule has 4 nitrogen and oxygen atoms in total. The van der Waals surface area contributed by atoms with Crippen LogP contribution in [0, 0.1) is 6.92 Å². The van der Waals surface area contributed by atoms with Gasteiger partial charge in [-0.25, -0.2) is 0 Å². The summed E-state index contributed by atoms with van der Waals surface area (Å²) >= 11 is 0. The molecule has 1 atom stereocenters. The van der Waals surface area contributed by atoms with Crippen molar-refractivity contribution in [1.29, 1.82) is 0 Å². The quantitative estimate of drug-likeness (QED) is 0.367. The molecule has 0 spiro atoms. The third-order valence-electron chi connectivity index (χ3n) is 6.82. The minimum Gasteiger partial charge on any atom is -0.495 e. The molecule has 1 fully saturated rings. The Bertz CT molecular complexity index is 1040. The first-order valence-electron chi connectivity index (χ1n) is 12.5. The van der Waals surface area contributed by atoms with E-state index < -0.39 is 0 Å². The lowest BCUT2D eigenvalue weighted by Gasteiger charge is -2.37. The van der Waals surface area contributed by atoms with Gasteiger partial charge in [0.05, 0.1) is 12.8 Å². The van der Waals surface area contributed by atoms with E-state index >= 15 is 0 Å². The zero-order valence-electron chi connectivity index (χ0n) is 21.0. The second-order valence-corrected chi connectivity index (χ2v) is 9.48. The van der Waals surface area contributed by atoms with Crippen molar-refractivity contribution in [3.8, 4) is 11.5 Å². The highest BCUT2D eigenvalue weighted by Gasteiger charge is 2.22. The van der Waals surface area contributed by atoms with Gasteiger partial charge in [0, 0.05) is 39.1 Å². The fraction of sp³-hybridized carbons (Fsp3) is 0.400. The Morgan fingerprint density at radius 2 is 1.56 bits per heavy atom.